The van der Waals surface area contributed by atoms with Gasteiger partial charge in [-0.1, -0.05) is 23.5 Å². The fraction of sp³-hybridized carbons (Fsp3) is 0.333. The van der Waals surface area contributed by atoms with Gasteiger partial charge in [-0.3, -0.25) is 9.69 Å². The third kappa shape index (κ3) is 4.42. The van der Waals surface area contributed by atoms with Crippen molar-refractivity contribution < 1.29 is 9.18 Å². The van der Waals surface area contributed by atoms with Crippen molar-refractivity contribution in [3.8, 4) is 0 Å². The Morgan fingerprint density at radius 1 is 1.20 bits per heavy atom. The second kappa shape index (κ2) is 8.03. The molecule has 0 saturated heterocycles. The predicted molar refractivity (Wildman–Crippen MR) is 103 cm³/mol. The smallest absolute Gasteiger partial charge is 0.234 e. The Morgan fingerprint density at radius 3 is 2.72 bits per heavy atom. The lowest BCUT2D eigenvalue weighted by Gasteiger charge is -2.20. The van der Waals surface area contributed by atoms with Crippen LogP contribution in [0.5, 0.6) is 0 Å². The Labute approximate surface area is 154 Å². The van der Waals surface area contributed by atoms with Gasteiger partial charge in [0.1, 0.15) is 11.3 Å². The molecule has 0 bridgehead atoms. The first kappa shape index (κ1) is 18.0. The third-order valence-electron chi connectivity index (χ3n) is 3.78. The summed E-state index contributed by atoms with van der Waals surface area (Å²) in [6, 6.07) is 8.80. The molecule has 0 atom stereocenters. The summed E-state index contributed by atoms with van der Waals surface area (Å²) in [5, 5.41) is 2.53. The van der Waals surface area contributed by atoms with E-state index >= 15 is 0 Å². The van der Waals surface area contributed by atoms with Gasteiger partial charge in [-0.2, -0.15) is 0 Å². The van der Waals surface area contributed by atoms with Gasteiger partial charge >= 0.3 is 0 Å². The van der Waals surface area contributed by atoms with Gasteiger partial charge < -0.3 is 4.90 Å². The molecule has 25 heavy (non-hydrogen) atoms. The molecule has 0 N–H and O–H groups in total. The van der Waals surface area contributed by atoms with Gasteiger partial charge in [0.2, 0.25) is 5.91 Å². The van der Waals surface area contributed by atoms with Crippen molar-refractivity contribution in [2.45, 2.75) is 12.8 Å². The van der Waals surface area contributed by atoms with Gasteiger partial charge in [-0.15, -0.1) is 11.3 Å². The lowest BCUT2D eigenvalue weighted by atomic mass is 10.3. The SMILES string of the molecule is CN(C)CCCN(C(=O)Cc1cccs1)c1nc2c(F)cccc2s1. The molecule has 3 rings (SSSR count). The average molecular weight is 378 g/mol. The van der Waals surface area contributed by atoms with Crippen LogP contribution in [0.2, 0.25) is 0 Å². The second-order valence-corrected chi connectivity index (χ2v) is 8.08. The van der Waals surface area contributed by atoms with Crippen molar-refractivity contribution in [1.82, 2.24) is 9.88 Å². The first-order valence-corrected chi connectivity index (χ1v) is 9.77. The van der Waals surface area contributed by atoms with Crippen LogP contribution >= 0.6 is 22.7 Å². The topological polar surface area (TPSA) is 36.4 Å². The third-order valence-corrected chi connectivity index (χ3v) is 5.70. The van der Waals surface area contributed by atoms with E-state index < -0.39 is 0 Å². The maximum Gasteiger partial charge on any atom is 0.234 e. The number of amides is 1. The molecule has 0 unspecified atom stereocenters. The number of para-hydroxylation sites is 1. The van der Waals surface area contributed by atoms with Crippen LogP contribution in [0, 0.1) is 5.82 Å². The fourth-order valence-electron chi connectivity index (χ4n) is 2.55. The summed E-state index contributed by atoms with van der Waals surface area (Å²) < 4.78 is 14.7. The van der Waals surface area contributed by atoms with E-state index in [9.17, 15) is 9.18 Å². The number of aromatic nitrogens is 1. The highest BCUT2D eigenvalue weighted by Crippen LogP contribution is 2.31. The van der Waals surface area contributed by atoms with Crippen LogP contribution in [0.15, 0.2) is 35.7 Å². The minimum atomic E-state index is -0.348. The van der Waals surface area contributed by atoms with Crippen LogP contribution in [0.25, 0.3) is 10.2 Å². The number of halogens is 1. The van der Waals surface area contributed by atoms with E-state index in [1.165, 1.54) is 17.4 Å². The van der Waals surface area contributed by atoms with Crippen molar-refractivity contribution in [3.63, 3.8) is 0 Å². The summed E-state index contributed by atoms with van der Waals surface area (Å²) in [4.78, 5) is 22.0. The number of anilines is 1. The molecule has 0 spiro atoms. The highest BCUT2D eigenvalue weighted by molar-refractivity contribution is 7.22. The molecular formula is C18H20FN3OS2. The zero-order valence-corrected chi connectivity index (χ0v) is 15.9. The van der Waals surface area contributed by atoms with Crippen LogP contribution in [-0.2, 0) is 11.2 Å². The maximum absolute atomic E-state index is 14.0. The standard InChI is InChI=1S/C18H20FN3OS2/c1-21(2)9-5-10-22(16(23)12-13-6-4-11-24-13)18-20-17-14(19)7-3-8-15(17)25-18/h3-4,6-8,11H,5,9-10,12H2,1-2H3. The average Bonchev–Trinajstić information content (AvgIpc) is 3.21. The number of thiophene rings is 1. The first-order chi connectivity index (χ1) is 12.0. The van der Waals surface area contributed by atoms with E-state index in [4.69, 9.17) is 0 Å². The Hall–Kier alpha value is -1.83. The van der Waals surface area contributed by atoms with Gasteiger partial charge in [0.25, 0.3) is 0 Å². The van der Waals surface area contributed by atoms with Crippen LogP contribution in [0.4, 0.5) is 9.52 Å². The molecule has 2 aromatic heterocycles. The molecule has 0 aliphatic heterocycles. The van der Waals surface area contributed by atoms with E-state index in [0.717, 1.165) is 22.5 Å². The van der Waals surface area contributed by atoms with Gasteiger partial charge in [0, 0.05) is 11.4 Å². The molecule has 0 fully saturated rings. The number of fused-ring (bicyclic) bond motifs is 1. The number of hydrogen-bond acceptors (Lipinski definition) is 5. The summed E-state index contributed by atoms with van der Waals surface area (Å²) in [6.45, 7) is 1.45. The minimum absolute atomic E-state index is 0.000621. The van der Waals surface area contributed by atoms with E-state index in [-0.39, 0.29) is 11.7 Å². The highest BCUT2D eigenvalue weighted by Gasteiger charge is 2.21. The molecule has 0 aliphatic carbocycles. The fourth-order valence-corrected chi connectivity index (χ4v) is 4.27. The van der Waals surface area contributed by atoms with Crippen molar-refractivity contribution in [1.29, 1.82) is 0 Å². The van der Waals surface area contributed by atoms with Gasteiger partial charge in [-0.05, 0) is 50.6 Å². The zero-order valence-electron chi connectivity index (χ0n) is 14.2. The Morgan fingerprint density at radius 2 is 2.04 bits per heavy atom. The van der Waals surface area contributed by atoms with Crippen LogP contribution in [0.3, 0.4) is 0 Å². The van der Waals surface area contributed by atoms with E-state index in [1.807, 2.05) is 37.7 Å². The molecule has 3 aromatic rings. The molecule has 0 saturated carbocycles. The number of carbonyl (C=O) groups excluding carboxylic acids is 1. The van der Waals surface area contributed by atoms with E-state index in [1.54, 1.807) is 22.3 Å². The number of rotatable bonds is 7. The summed E-state index contributed by atoms with van der Waals surface area (Å²) in [7, 11) is 4.01. The van der Waals surface area contributed by atoms with E-state index in [0.29, 0.717) is 23.6 Å². The normalized spacial score (nSPS) is 11.4. The van der Waals surface area contributed by atoms with Gasteiger partial charge in [-0.25, -0.2) is 9.37 Å². The van der Waals surface area contributed by atoms with Crippen LogP contribution in [0.1, 0.15) is 11.3 Å². The predicted octanol–water partition coefficient (Wildman–Crippen LogP) is 4.02. The molecule has 2 heterocycles. The Balaban J connectivity index is 1.85. The summed E-state index contributed by atoms with van der Waals surface area (Å²) in [6.07, 6.45) is 1.18. The number of carbonyl (C=O) groups is 1. The molecule has 4 nitrogen and oxygen atoms in total. The van der Waals surface area contributed by atoms with Crippen LogP contribution < -0.4 is 4.90 Å². The Kier molecular flexibility index (Phi) is 5.78. The van der Waals surface area contributed by atoms with Crippen LogP contribution in [-0.4, -0.2) is 43.0 Å². The highest BCUT2D eigenvalue weighted by atomic mass is 32.1. The van der Waals surface area contributed by atoms with Gasteiger partial charge in [0.05, 0.1) is 11.1 Å². The van der Waals surface area contributed by atoms with Gasteiger partial charge in [0.15, 0.2) is 5.13 Å². The molecule has 0 aliphatic rings. The number of thiazole rings is 1. The summed E-state index contributed by atoms with van der Waals surface area (Å²) >= 11 is 2.93. The lowest BCUT2D eigenvalue weighted by Crippen LogP contribution is -2.34. The largest absolute Gasteiger partial charge is 0.309 e. The molecule has 132 valence electrons. The second-order valence-electron chi connectivity index (χ2n) is 6.04. The Bertz CT molecular complexity index is 845. The lowest BCUT2D eigenvalue weighted by molar-refractivity contribution is -0.118. The molecule has 0 radical (unpaired) electrons. The first-order valence-electron chi connectivity index (χ1n) is 8.07. The zero-order chi connectivity index (χ0) is 17.8. The van der Waals surface area contributed by atoms with Crippen molar-refractivity contribution >= 4 is 43.9 Å². The monoisotopic (exact) mass is 377 g/mol. The molecule has 1 aromatic carbocycles. The molecule has 1 amide bonds. The maximum atomic E-state index is 14.0. The van der Waals surface area contributed by atoms with E-state index in [2.05, 4.69) is 9.88 Å². The number of nitrogens with zero attached hydrogens (tertiary/aromatic N) is 3. The number of benzene rings is 1. The van der Waals surface area contributed by atoms with Crippen molar-refractivity contribution in [3.05, 3.63) is 46.4 Å². The minimum Gasteiger partial charge on any atom is -0.309 e. The summed E-state index contributed by atoms with van der Waals surface area (Å²) in [5.74, 6) is -0.348. The van der Waals surface area contributed by atoms with Crippen molar-refractivity contribution in [2.24, 2.45) is 0 Å². The molecule has 7 heteroatoms. The van der Waals surface area contributed by atoms with Crippen molar-refractivity contribution in [2.75, 3.05) is 32.1 Å². The number of hydrogen-bond donors (Lipinski definition) is 0. The molecular weight excluding hydrogens is 357 g/mol. The quantitative estimate of drug-likeness (QED) is 0.624. The summed E-state index contributed by atoms with van der Waals surface area (Å²) in [5.41, 5.74) is 0.337.